The number of amides is 2. The van der Waals surface area contributed by atoms with Gasteiger partial charge in [-0.1, -0.05) is 44.2 Å². The number of urea groups is 1. The van der Waals surface area contributed by atoms with Crippen molar-refractivity contribution in [2.75, 3.05) is 0 Å². The van der Waals surface area contributed by atoms with E-state index in [9.17, 15) is 14.7 Å². The van der Waals surface area contributed by atoms with Gasteiger partial charge in [-0.05, 0) is 17.9 Å². The molecule has 0 heterocycles. The van der Waals surface area contributed by atoms with Crippen LogP contribution in [0.1, 0.15) is 25.8 Å². The lowest BCUT2D eigenvalue weighted by molar-refractivity contribution is -0.308. The van der Waals surface area contributed by atoms with Crippen LogP contribution in [0.15, 0.2) is 30.3 Å². The van der Waals surface area contributed by atoms with Gasteiger partial charge in [-0.2, -0.15) is 0 Å². The molecular weight excluding hydrogens is 244 g/mol. The fourth-order valence-electron chi connectivity index (χ4n) is 1.67. The summed E-state index contributed by atoms with van der Waals surface area (Å²) in [6, 6.07) is 7.93. The van der Waals surface area contributed by atoms with Crippen molar-refractivity contribution in [3.8, 4) is 0 Å². The molecule has 1 aromatic carbocycles. The third kappa shape index (κ3) is 5.90. The lowest BCUT2D eigenvalue weighted by atomic mass is 10.0. The molecule has 1 rings (SSSR count). The summed E-state index contributed by atoms with van der Waals surface area (Å²) >= 11 is 0. The van der Waals surface area contributed by atoms with Crippen LogP contribution >= 0.6 is 0 Å². The van der Waals surface area contributed by atoms with Crippen molar-refractivity contribution < 1.29 is 14.7 Å². The molecule has 1 aromatic rings. The monoisotopic (exact) mass is 263 g/mol. The first-order chi connectivity index (χ1) is 8.99. The highest BCUT2D eigenvalue weighted by Gasteiger charge is 2.14. The van der Waals surface area contributed by atoms with Crippen LogP contribution in [-0.2, 0) is 11.3 Å². The van der Waals surface area contributed by atoms with Crippen molar-refractivity contribution in [2.45, 2.75) is 32.9 Å². The predicted molar refractivity (Wildman–Crippen MR) is 70.1 cm³/mol. The molecule has 1 atom stereocenters. The predicted octanol–water partition coefficient (Wildman–Crippen LogP) is 0.650. The van der Waals surface area contributed by atoms with Gasteiger partial charge in [0.25, 0.3) is 0 Å². The minimum atomic E-state index is -1.26. The Morgan fingerprint density at radius 1 is 1.21 bits per heavy atom. The molecule has 104 valence electrons. The Balaban J connectivity index is 2.42. The van der Waals surface area contributed by atoms with Gasteiger partial charge < -0.3 is 20.5 Å². The minimum absolute atomic E-state index is 0.164. The highest BCUT2D eigenvalue weighted by molar-refractivity contribution is 5.81. The molecule has 0 aliphatic rings. The molecule has 19 heavy (non-hydrogen) atoms. The lowest BCUT2D eigenvalue weighted by Crippen LogP contribution is -2.51. The second-order valence-electron chi connectivity index (χ2n) is 4.81. The lowest BCUT2D eigenvalue weighted by Gasteiger charge is -2.21. The maximum absolute atomic E-state index is 11.6. The molecule has 0 saturated heterocycles. The number of carboxylic acid groups (broad SMARTS) is 1. The van der Waals surface area contributed by atoms with Crippen LogP contribution in [-0.4, -0.2) is 18.0 Å². The Kier molecular flexibility index (Phi) is 5.85. The fraction of sp³-hybridized carbons (Fsp3) is 0.429. The average molecular weight is 263 g/mol. The number of hydrogen-bond acceptors (Lipinski definition) is 3. The summed E-state index contributed by atoms with van der Waals surface area (Å²) < 4.78 is 0. The largest absolute Gasteiger partial charge is 0.548 e. The van der Waals surface area contributed by atoms with E-state index in [0.717, 1.165) is 5.56 Å². The van der Waals surface area contributed by atoms with E-state index < -0.39 is 18.0 Å². The summed E-state index contributed by atoms with van der Waals surface area (Å²) in [5, 5.41) is 15.9. The summed E-state index contributed by atoms with van der Waals surface area (Å²) in [4.78, 5) is 22.5. The third-order valence-electron chi connectivity index (χ3n) is 2.59. The number of carbonyl (C=O) groups excluding carboxylic acids is 2. The van der Waals surface area contributed by atoms with Crippen molar-refractivity contribution in [1.82, 2.24) is 10.6 Å². The molecule has 0 saturated carbocycles. The summed E-state index contributed by atoms with van der Waals surface area (Å²) in [5.41, 5.74) is 0.950. The van der Waals surface area contributed by atoms with E-state index in [2.05, 4.69) is 10.6 Å². The van der Waals surface area contributed by atoms with Crippen LogP contribution in [0, 0.1) is 5.92 Å². The number of carbonyl (C=O) groups is 2. The van der Waals surface area contributed by atoms with Gasteiger partial charge in [0.1, 0.15) is 0 Å². The van der Waals surface area contributed by atoms with E-state index >= 15 is 0 Å². The standard InChI is InChI=1S/C14H20N2O3/c1-10(2)8-12(13(17)18)16-14(19)15-9-11-6-4-3-5-7-11/h3-7,10,12H,8-9H2,1-2H3,(H,17,18)(H2,15,16,19)/p-1/t12-/m0/s1. The van der Waals surface area contributed by atoms with Gasteiger partial charge in [0.05, 0.1) is 12.0 Å². The maximum Gasteiger partial charge on any atom is 0.315 e. The van der Waals surface area contributed by atoms with Gasteiger partial charge in [-0.3, -0.25) is 0 Å². The second-order valence-corrected chi connectivity index (χ2v) is 4.81. The third-order valence-corrected chi connectivity index (χ3v) is 2.59. The molecule has 0 fully saturated rings. The van der Waals surface area contributed by atoms with Crippen molar-refractivity contribution in [3.63, 3.8) is 0 Å². The van der Waals surface area contributed by atoms with Crippen LogP contribution in [0.3, 0.4) is 0 Å². The molecular formula is C14H19N2O3-. The summed E-state index contributed by atoms with van der Waals surface area (Å²) in [5.74, 6) is -1.10. The molecule has 0 aliphatic carbocycles. The number of rotatable bonds is 6. The zero-order valence-electron chi connectivity index (χ0n) is 11.2. The molecule has 0 aromatic heterocycles. The highest BCUT2D eigenvalue weighted by atomic mass is 16.4. The summed E-state index contributed by atoms with van der Waals surface area (Å²) in [7, 11) is 0. The van der Waals surface area contributed by atoms with Gasteiger partial charge in [0.2, 0.25) is 0 Å². The Morgan fingerprint density at radius 2 is 1.84 bits per heavy atom. The Morgan fingerprint density at radius 3 is 2.37 bits per heavy atom. The molecule has 0 aliphatic heterocycles. The van der Waals surface area contributed by atoms with Gasteiger partial charge in [0, 0.05) is 6.54 Å². The van der Waals surface area contributed by atoms with Crippen molar-refractivity contribution in [1.29, 1.82) is 0 Å². The van der Waals surface area contributed by atoms with Crippen LogP contribution in [0.4, 0.5) is 4.79 Å². The number of aliphatic carboxylic acids is 1. The topological polar surface area (TPSA) is 81.3 Å². The zero-order chi connectivity index (χ0) is 14.3. The normalized spacial score (nSPS) is 11.9. The van der Waals surface area contributed by atoms with Crippen molar-refractivity contribution in [3.05, 3.63) is 35.9 Å². The van der Waals surface area contributed by atoms with E-state index in [0.29, 0.717) is 13.0 Å². The van der Waals surface area contributed by atoms with E-state index in [1.54, 1.807) is 0 Å². The van der Waals surface area contributed by atoms with Gasteiger partial charge in [-0.25, -0.2) is 4.79 Å². The van der Waals surface area contributed by atoms with Gasteiger partial charge >= 0.3 is 6.03 Å². The molecule has 0 unspecified atom stereocenters. The summed E-state index contributed by atoms with van der Waals surface area (Å²) in [6.07, 6.45) is 0.348. The number of nitrogens with one attached hydrogen (secondary N) is 2. The Labute approximate surface area is 113 Å². The second kappa shape index (κ2) is 7.41. The number of benzene rings is 1. The zero-order valence-corrected chi connectivity index (χ0v) is 11.2. The quantitative estimate of drug-likeness (QED) is 0.790. The van der Waals surface area contributed by atoms with E-state index in [4.69, 9.17) is 0 Å². The smallest absolute Gasteiger partial charge is 0.315 e. The molecule has 2 N–H and O–H groups in total. The Bertz CT molecular complexity index is 418. The average Bonchev–Trinajstić information content (AvgIpc) is 2.36. The molecule has 5 heteroatoms. The molecule has 0 spiro atoms. The van der Waals surface area contributed by atoms with E-state index in [1.807, 2.05) is 44.2 Å². The van der Waals surface area contributed by atoms with Crippen LogP contribution < -0.4 is 15.7 Å². The van der Waals surface area contributed by atoms with E-state index in [-0.39, 0.29) is 5.92 Å². The number of carboxylic acids is 1. The van der Waals surface area contributed by atoms with Crippen molar-refractivity contribution in [2.24, 2.45) is 5.92 Å². The maximum atomic E-state index is 11.6. The van der Waals surface area contributed by atoms with Crippen LogP contribution in [0.25, 0.3) is 0 Å². The fourth-order valence-corrected chi connectivity index (χ4v) is 1.67. The molecule has 2 amide bonds. The first-order valence-corrected chi connectivity index (χ1v) is 6.28. The van der Waals surface area contributed by atoms with Crippen LogP contribution in [0.5, 0.6) is 0 Å². The highest BCUT2D eigenvalue weighted by Crippen LogP contribution is 2.04. The van der Waals surface area contributed by atoms with Crippen molar-refractivity contribution >= 4 is 12.0 Å². The molecule has 0 bridgehead atoms. The molecule has 0 radical (unpaired) electrons. The molecule has 5 nitrogen and oxygen atoms in total. The summed E-state index contributed by atoms with van der Waals surface area (Å²) in [6.45, 7) is 4.13. The SMILES string of the molecule is CC(C)C[C@H](NC(=O)NCc1ccccc1)C(=O)[O-]. The van der Waals surface area contributed by atoms with Gasteiger partial charge in [-0.15, -0.1) is 0 Å². The van der Waals surface area contributed by atoms with Gasteiger partial charge in [0.15, 0.2) is 0 Å². The minimum Gasteiger partial charge on any atom is -0.548 e. The van der Waals surface area contributed by atoms with Crippen LogP contribution in [0.2, 0.25) is 0 Å². The number of hydrogen-bond donors (Lipinski definition) is 2. The van der Waals surface area contributed by atoms with E-state index in [1.165, 1.54) is 0 Å². The first-order valence-electron chi connectivity index (χ1n) is 6.28. The first kappa shape index (κ1) is 15.0. The Hall–Kier alpha value is -2.04.